The highest BCUT2D eigenvalue weighted by Crippen LogP contribution is 2.24. The molecule has 3 rings (SSSR count). The number of β-amino-alcohol motifs (C(OH)–C–C–N with tert-alkyl or cyclic N) is 1. The molecule has 24 heavy (non-hydrogen) atoms. The first-order chi connectivity index (χ1) is 11.6. The molecule has 0 saturated carbocycles. The van der Waals surface area contributed by atoms with Crippen LogP contribution in [0.4, 0.5) is 0 Å². The van der Waals surface area contributed by atoms with E-state index >= 15 is 0 Å². The molecular weight excluding hydrogens is 308 g/mol. The summed E-state index contributed by atoms with van der Waals surface area (Å²) in [5.41, 5.74) is 0.235. The maximum Gasteiger partial charge on any atom is 0.335 e. The minimum Gasteiger partial charge on any atom is -0.486 e. The summed E-state index contributed by atoms with van der Waals surface area (Å²) in [6.45, 7) is 6.91. The van der Waals surface area contributed by atoms with Gasteiger partial charge in [-0.15, -0.1) is 0 Å². The average molecular weight is 334 g/mol. The van der Waals surface area contributed by atoms with Gasteiger partial charge in [-0.3, -0.25) is 4.90 Å². The van der Waals surface area contributed by atoms with Crippen LogP contribution in [0.25, 0.3) is 0 Å². The first-order valence-corrected chi connectivity index (χ1v) is 8.71. The van der Waals surface area contributed by atoms with E-state index in [1.807, 2.05) is 0 Å². The van der Waals surface area contributed by atoms with Crippen molar-refractivity contribution in [2.75, 3.05) is 32.7 Å². The number of nitrogens with zero attached hydrogens (tertiary/aromatic N) is 2. The van der Waals surface area contributed by atoms with E-state index in [1.54, 1.807) is 12.1 Å². The summed E-state index contributed by atoms with van der Waals surface area (Å²) < 4.78 is 5.89. The van der Waals surface area contributed by atoms with Gasteiger partial charge < -0.3 is 19.8 Å². The van der Waals surface area contributed by atoms with Crippen molar-refractivity contribution in [3.63, 3.8) is 0 Å². The zero-order valence-corrected chi connectivity index (χ0v) is 14.1. The zero-order valence-electron chi connectivity index (χ0n) is 14.1. The number of likely N-dealkylation sites (tertiary alicyclic amines) is 2. The van der Waals surface area contributed by atoms with Crippen molar-refractivity contribution in [2.24, 2.45) is 0 Å². The Morgan fingerprint density at radius 2 is 1.88 bits per heavy atom. The molecule has 2 aliphatic heterocycles. The van der Waals surface area contributed by atoms with Gasteiger partial charge in [-0.1, -0.05) is 6.92 Å². The molecule has 2 atom stereocenters. The molecule has 6 nitrogen and oxygen atoms in total. The van der Waals surface area contributed by atoms with E-state index < -0.39 is 12.1 Å². The molecule has 1 aromatic carbocycles. The number of hydrogen-bond acceptors (Lipinski definition) is 5. The number of rotatable bonds is 5. The molecule has 0 spiro atoms. The Bertz CT molecular complexity index is 555. The maximum atomic E-state index is 10.9. The van der Waals surface area contributed by atoms with Gasteiger partial charge in [-0.2, -0.15) is 0 Å². The number of piperidine rings is 1. The third-order valence-corrected chi connectivity index (χ3v) is 5.17. The van der Waals surface area contributed by atoms with Crippen molar-refractivity contribution in [2.45, 2.75) is 38.0 Å². The molecular formula is C18H26N2O4. The second kappa shape index (κ2) is 7.51. The van der Waals surface area contributed by atoms with E-state index in [0.717, 1.165) is 39.0 Å². The summed E-state index contributed by atoms with van der Waals surface area (Å²) in [4.78, 5) is 15.7. The molecule has 132 valence electrons. The highest BCUT2D eigenvalue weighted by molar-refractivity contribution is 5.87. The molecule has 1 aromatic rings. The molecule has 2 heterocycles. The molecule has 0 radical (unpaired) electrons. The minimum absolute atomic E-state index is 0.235. The summed E-state index contributed by atoms with van der Waals surface area (Å²) in [7, 11) is 0. The third-order valence-electron chi connectivity index (χ3n) is 5.17. The predicted octanol–water partition coefficient (Wildman–Crippen LogP) is 1.29. The van der Waals surface area contributed by atoms with Crippen LogP contribution in [-0.2, 0) is 0 Å². The van der Waals surface area contributed by atoms with Crippen molar-refractivity contribution in [1.29, 1.82) is 0 Å². The molecule has 2 saturated heterocycles. The molecule has 0 aromatic heterocycles. The average Bonchev–Trinajstić information content (AvgIpc) is 2.96. The van der Waals surface area contributed by atoms with Crippen LogP contribution in [0.1, 0.15) is 30.1 Å². The number of ether oxygens (including phenoxy) is 1. The normalized spacial score (nSPS) is 26.6. The summed E-state index contributed by atoms with van der Waals surface area (Å²) >= 11 is 0. The van der Waals surface area contributed by atoms with Crippen LogP contribution in [0.2, 0.25) is 0 Å². The van der Waals surface area contributed by atoms with Gasteiger partial charge in [0, 0.05) is 19.1 Å². The third kappa shape index (κ3) is 3.88. The Hall–Kier alpha value is -1.63. The fraction of sp³-hybridized carbons (Fsp3) is 0.611. The lowest BCUT2D eigenvalue weighted by Gasteiger charge is -2.36. The standard InChI is InChI=1S/C18H26N2O4/c1-2-19-9-7-14(8-10-19)20-11-16(21)17(12-20)24-15-5-3-13(4-6-15)18(22)23/h3-6,14,16-17,21H,2,7-12H2,1H3,(H,22,23)/t16-,17-/m1/s1. The van der Waals surface area contributed by atoms with Crippen LogP contribution in [0.5, 0.6) is 5.75 Å². The van der Waals surface area contributed by atoms with Gasteiger partial charge in [-0.25, -0.2) is 4.79 Å². The lowest BCUT2D eigenvalue weighted by Crippen LogP contribution is -2.44. The number of aliphatic hydroxyl groups is 1. The number of benzene rings is 1. The number of aliphatic hydroxyl groups excluding tert-OH is 1. The summed E-state index contributed by atoms with van der Waals surface area (Å²) in [6.07, 6.45) is 1.51. The van der Waals surface area contributed by atoms with Crippen molar-refractivity contribution in [1.82, 2.24) is 9.80 Å². The Morgan fingerprint density at radius 1 is 1.21 bits per heavy atom. The predicted molar refractivity (Wildman–Crippen MR) is 90.5 cm³/mol. The van der Waals surface area contributed by atoms with Crippen molar-refractivity contribution in [3.8, 4) is 5.75 Å². The van der Waals surface area contributed by atoms with Gasteiger partial charge in [0.05, 0.1) is 5.56 Å². The van der Waals surface area contributed by atoms with E-state index in [9.17, 15) is 9.90 Å². The molecule has 2 fully saturated rings. The lowest BCUT2D eigenvalue weighted by molar-refractivity contribution is 0.0693. The molecule has 0 bridgehead atoms. The van der Waals surface area contributed by atoms with E-state index in [1.165, 1.54) is 12.1 Å². The van der Waals surface area contributed by atoms with Gasteiger partial charge in [0.15, 0.2) is 0 Å². The molecule has 2 aliphatic rings. The van der Waals surface area contributed by atoms with Gasteiger partial charge in [0.1, 0.15) is 18.0 Å². The minimum atomic E-state index is -0.952. The van der Waals surface area contributed by atoms with E-state index in [4.69, 9.17) is 9.84 Å². The van der Waals surface area contributed by atoms with Gasteiger partial charge in [0.2, 0.25) is 0 Å². The van der Waals surface area contributed by atoms with Crippen LogP contribution in [0, 0.1) is 0 Å². The topological polar surface area (TPSA) is 73.2 Å². The Morgan fingerprint density at radius 3 is 2.46 bits per heavy atom. The molecule has 6 heteroatoms. The van der Waals surface area contributed by atoms with Crippen LogP contribution in [-0.4, -0.2) is 77.0 Å². The second-order valence-corrected chi connectivity index (χ2v) is 6.67. The molecule has 2 N–H and O–H groups in total. The summed E-state index contributed by atoms with van der Waals surface area (Å²) in [5, 5.41) is 19.2. The first-order valence-electron chi connectivity index (χ1n) is 8.71. The maximum absolute atomic E-state index is 10.9. The number of carboxylic acids is 1. The smallest absolute Gasteiger partial charge is 0.335 e. The number of aromatic carboxylic acids is 1. The van der Waals surface area contributed by atoms with Crippen LogP contribution in [0.15, 0.2) is 24.3 Å². The Balaban J connectivity index is 1.55. The van der Waals surface area contributed by atoms with Gasteiger partial charge in [0.25, 0.3) is 0 Å². The highest BCUT2D eigenvalue weighted by Gasteiger charge is 2.37. The van der Waals surface area contributed by atoms with Crippen molar-refractivity contribution in [3.05, 3.63) is 29.8 Å². The Labute approximate surface area is 142 Å². The monoisotopic (exact) mass is 334 g/mol. The lowest BCUT2D eigenvalue weighted by atomic mass is 10.0. The zero-order chi connectivity index (χ0) is 17.1. The van der Waals surface area contributed by atoms with Crippen molar-refractivity contribution >= 4 is 5.97 Å². The van der Waals surface area contributed by atoms with Crippen LogP contribution in [0.3, 0.4) is 0 Å². The first kappa shape index (κ1) is 17.2. The van der Waals surface area contributed by atoms with E-state index in [0.29, 0.717) is 18.3 Å². The molecule has 0 aliphatic carbocycles. The van der Waals surface area contributed by atoms with E-state index in [2.05, 4.69) is 16.7 Å². The highest BCUT2D eigenvalue weighted by atomic mass is 16.5. The van der Waals surface area contributed by atoms with E-state index in [-0.39, 0.29) is 11.7 Å². The SMILES string of the molecule is CCN1CCC(N2C[C@@H](O)[C@H](Oc3ccc(C(=O)O)cc3)C2)CC1. The number of carboxylic acid groups (broad SMARTS) is 1. The largest absolute Gasteiger partial charge is 0.486 e. The van der Waals surface area contributed by atoms with Crippen LogP contribution < -0.4 is 4.74 Å². The van der Waals surface area contributed by atoms with Crippen molar-refractivity contribution < 1.29 is 19.7 Å². The fourth-order valence-electron chi connectivity index (χ4n) is 3.65. The van der Waals surface area contributed by atoms with Gasteiger partial charge in [-0.05, 0) is 56.7 Å². The second-order valence-electron chi connectivity index (χ2n) is 6.67. The quantitative estimate of drug-likeness (QED) is 0.845. The Kier molecular flexibility index (Phi) is 5.38. The van der Waals surface area contributed by atoms with Crippen LogP contribution >= 0.6 is 0 Å². The van der Waals surface area contributed by atoms with Gasteiger partial charge >= 0.3 is 5.97 Å². The summed E-state index contributed by atoms with van der Waals surface area (Å²) in [5.74, 6) is -0.348. The fourth-order valence-corrected chi connectivity index (χ4v) is 3.65. The molecule has 0 unspecified atom stereocenters. The molecule has 0 amide bonds. The summed E-state index contributed by atoms with van der Waals surface area (Å²) in [6, 6.07) is 6.87. The number of carbonyl (C=O) groups is 1. The number of hydrogen-bond donors (Lipinski definition) is 2.